The molecule has 0 saturated heterocycles. The van der Waals surface area contributed by atoms with Crippen molar-refractivity contribution in [2.75, 3.05) is 4.72 Å². The number of carbonyl (C=O) groups is 1. The lowest BCUT2D eigenvalue weighted by Gasteiger charge is -2.09. The molecule has 0 heterocycles. The zero-order chi connectivity index (χ0) is 18.7. The van der Waals surface area contributed by atoms with Gasteiger partial charge in [-0.25, -0.2) is 8.42 Å². The normalized spacial score (nSPS) is 13.8. The van der Waals surface area contributed by atoms with E-state index in [1.165, 1.54) is 18.2 Å². The van der Waals surface area contributed by atoms with Crippen LogP contribution in [0.4, 0.5) is 11.4 Å². The maximum Gasteiger partial charge on any atom is 0.270 e. The first-order valence-corrected chi connectivity index (χ1v) is 9.47. The molecule has 1 saturated carbocycles. The molecule has 0 bridgehead atoms. The van der Waals surface area contributed by atoms with Crippen LogP contribution in [0.5, 0.6) is 0 Å². The molecule has 1 aliphatic carbocycles. The Morgan fingerprint density at radius 1 is 1.15 bits per heavy atom. The van der Waals surface area contributed by atoms with Gasteiger partial charge in [-0.2, -0.15) is 0 Å². The van der Waals surface area contributed by atoms with Crippen LogP contribution < -0.4 is 10.0 Å². The van der Waals surface area contributed by atoms with Crippen LogP contribution in [0.2, 0.25) is 0 Å². The predicted octanol–water partition coefficient (Wildman–Crippen LogP) is 2.22. The molecule has 0 aromatic heterocycles. The molecule has 0 aliphatic heterocycles. The van der Waals surface area contributed by atoms with Gasteiger partial charge in [-0.15, -0.1) is 0 Å². The van der Waals surface area contributed by atoms with Crippen molar-refractivity contribution in [3.63, 3.8) is 0 Å². The van der Waals surface area contributed by atoms with Gasteiger partial charge in [0.2, 0.25) is 5.91 Å². The number of nitrogens with one attached hydrogen (secondary N) is 2. The largest absolute Gasteiger partial charge is 0.353 e. The zero-order valence-corrected chi connectivity index (χ0v) is 14.5. The van der Waals surface area contributed by atoms with Gasteiger partial charge in [0, 0.05) is 23.9 Å². The first-order chi connectivity index (χ1) is 12.3. The van der Waals surface area contributed by atoms with E-state index in [9.17, 15) is 23.3 Å². The molecular formula is C17H17N3O5S. The van der Waals surface area contributed by atoms with Crippen LogP contribution in [0, 0.1) is 10.1 Å². The molecule has 1 aliphatic rings. The Balaban J connectivity index is 1.68. The Hall–Kier alpha value is -2.94. The number of hydrogen-bond donors (Lipinski definition) is 2. The van der Waals surface area contributed by atoms with Crippen molar-refractivity contribution in [3.05, 3.63) is 64.2 Å². The second-order valence-corrected chi connectivity index (χ2v) is 7.76. The number of benzene rings is 2. The van der Waals surface area contributed by atoms with E-state index in [4.69, 9.17) is 0 Å². The van der Waals surface area contributed by atoms with Crippen LogP contribution in [0.3, 0.4) is 0 Å². The molecule has 9 heteroatoms. The minimum absolute atomic E-state index is 0.0579. The minimum Gasteiger partial charge on any atom is -0.353 e. The second-order valence-electron chi connectivity index (χ2n) is 6.08. The van der Waals surface area contributed by atoms with Gasteiger partial charge >= 0.3 is 0 Å². The first-order valence-electron chi connectivity index (χ1n) is 7.99. The summed E-state index contributed by atoms with van der Waals surface area (Å²) >= 11 is 0. The Morgan fingerprint density at radius 3 is 2.46 bits per heavy atom. The maximum absolute atomic E-state index is 12.4. The number of hydrogen-bond acceptors (Lipinski definition) is 5. The molecule has 136 valence electrons. The van der Waals surface area contributed by atoms with Crippen molar-refractivity contribution >= 4 is 27.3 Å². The van der Waals surface area contributed by atoms with Crippen molar-refractivity contribution in [1.82, 2.24) is 5.32 Å². The molecule has 1 amide bonds. The van der Waals surface area contributed by atoms with Gasteiger partial charge in [0.25, 0.3) is 15.7 Å². The molecule has 8 nitrogen and oxygen atoms in total. The van der Waals surface area contributed by atoms with E-state index in [0.717, 1.165) is 24.5 Å². The highest BCUT2D eigenvalue weighted by molar-refractivity contribution is 7.92. The van der Waals surface area contributed by atoms with Gasteiger partial charge in [-0.1, -0.05) is 18.2 Å². The van der Waals surface area contributed by atoms with Gasteiger partial charge in [0.1, 0.15) is 0 Å². The van der Waals surface area contributed by atoms with E-state index in [1.54, 1.807) is 24.3 Å². The average molecular weight is 375 g/mol. The summed E-state index contributed by atoms with van der Waals surface area (Å²) in [4.78, 5) is 21.7. The number of anilines is 1. The molecule has 3 rings (SSSR count). The van der Waals surface area contributed by atoms with E-state index < -0.39 is 14.9 Å². The van der Waals surface area contributed by atoms with Crippen LogP contribution >= 0.6 is 0 Å². The smallest absolute Gasteiger partial charge is 0.270 e. The highest BCUT2D eigenvalue weighted by Gasteiger charge is 2.23. The van der Waals surface area contributed by atoms with E-state index in [2.05, 4.69) is 10.0 Å². The third kappa shape index (κ3) is 4.57. The Kier molecular flexibility index (Phi) is 4.90. The molecule has 0 atom stereocenters. The third-order valence-corrected chi connectivity index (χ3v) is 5.23. The van der Waals surface area contributed by atoms with Crippen LogP contribution in [-0.2, 0) is 21.2 Å². The predicted molar refractivity (Wildman–Crippen MR) is 95.2 cm³/mol. The lowest BCUT2D eigenvalue weighted by Crippen LogP contribution is -2.26. The van der Waals surface area contributed by atoms with Crippen molar-refractivity contribution in [2.24, 2.45) is 0 Å². The monoisotopic (exact) mass is 375 g/mol. The fourth-order valence-electron chi connectivity index (χ4n) is 2.36. The quantitative estimate of drug-likeness (QED) is 0.568. The van der Waals surface area contributed by atoms with Gasteiger partial charge in [-0.05, 0) is 36.6 Å². The van der Waals surface area contributed by atoms with E-state index in [-0.39, 0.29) is 22.9 Å². The van der Waals surface area contributed by atoms with E-state index in [0.29, 0.717) is 11.7 Å². The van der Waals surface area contributed by atoms with Gasteiger partial charge in [0.05, 0.1) is 16.2 Å². The standard InChI is InChI=1S/C17H17N3O5S/c21-17(18-13-8-9-13)10-12-4-6-14(7-5-12)19-26(24,25)16-3-1-2-15(11-16)20(22)23/h1-7,11,13,19H,8-10H2,(H,18,21). The van der Waals surface area contributed by atoms with Gasteiger partial charge in [-0.3, -0.25) is 19.6 Å². The molecule has 2 N–H and O–H groups in total. The van der Waals surface area contributed by atoms with E-state index >= 15 is 0 Å². The highest BCUT2D eigenvalue weighted by atomic mass is 32.2. The zero-order valence-electron chi connectivity index (χ0n) is 13.7. The highest BCUT2D eigenvalue weighted by Crippen LogP contribution is 2.21. The van der Waals surface area contributed by atoms with Crippen LogP contribution in [0.15, 0.2) is 53.4 Å². The third-order valence-electron chi connectivity index (χ3n) is 3.85. The Labute approximate surface area is 150 Å². The Morgan fingerprint density at radius 2 is 1.85 bits per heavy atom. The molecular weight excluding hydrogens is 358 g/mol. The molecule has 2 aromatic carbocycles. The molecule has 0 radical (unpaired) electrons. The van der Waals surface area contributed by atoms with Gasteiger partial charge < -0.3 is 5.32 Å². The number of rotatable bonds is 7. The SMILES string of the molecule is O=C(Cc1ccc(NS(=O)(=O)c2cccc([N+](=O)[O-])c2)cc1)NC1CC1. The summed E-state index contributed by atoms with van der Waals surface area (Å²) in [6.45, 7) is 0. The van der Waals surface area contributed by atoms with Crippen LogP contribution in [0.25, 0.3) is 0 Å². The molecule has 2 aromatic rings. The summed E-state index contributed by atoms with van der Waals surface area (Å²) in [5.74, 6) is -0.0579. The second kappa shape index (κ2) is 7.12. The summed E-state index contributed by atoms with van der Waals surface area (Å²) in [5, 5.41) is 13.7. The summed E-state index contributed by atoms with van der Waals surface area (Å²) in [5.41, 5.74) is 0.772. The molecule has 26 heavy (non-hydrogen) atoms. The average Bonchev–Trinajstić information content (AvgIpc) is 3.40. The number of amides is 1. The summed E-state index contributed by atoms with van der Waals surface area (Å²) < 4.78 is 27.1. The number of non-ortho nitro benzene ring substituents is 1. The van der Waals surface area contributed by atoms with E-state index in [1.807, 2.05) is 0 Å². The van der Waals surface area contributed by atoms with Crippen LogP contribution in [0.1, 0.15) is 18.4 Å². The minimum atomic E-state index is -3.95. The summed E-state index contributed by atoms with van der Waals surface area (Å²) in [6, 6.07) is 11.5. The number of nitro groups is 1. The number of nitro benzene ring substituents is 1. The van der Waals surface area contributed by atoms with Crippen molar-refractivity contribution in [2.45, 2.75) is 30.2 Å². The lowest BCUT2D eigenvalue weighted by atomic mass is 10.1. The lowest BCUT2D eigenvalue weighted by molar-refractivity contribution is -0.385. The van der Waals surface area contributed by atoms with Crippen molar-refractivity contribution in [1.29, 1.82) is 0 Å². The Bertz CT molecular complexity index is 937. The first kappa shape index (κ1) is 17.9. The fraction of sp³-hybridized carbons (Fsp3) is 0.235. The van der Waals surface area contributed by atoms with Gasteiger partial charge in [0.15, 0.2) is 0 Å². The van der Waals surface area contributed by atoms with Crippen molar-refractivity contribution < 1.29 is 18.1 Å². The number of nitrogens with zero attached hydrogens (tertiary/aromatic N) is 1. The molecule has 1 fully saturated rings. The molecule has 0 unspecified atom stereocenters. The number of carbonyl (C=O) groups excluding carboxylic acids is 1. The van der Waals surface area contributed by atoms with Crippen LogP contribution in [-0.4, -0.2) is 25.3 Å². The van der Waals surface area contributed by atoms with Crippen molar-refractivity contribution in [3.8, 4) is 0 Å². The summed E-state index contributed by atoms with van der Waals surface area (Å²) in [7, 11) is -3.95. The maximum atomic E-state index is 12.4. The molecule has 0 spiro atoms. The fourth-order valence-corrected chi connectivity index (χ4v) is 3.46. The summed E-state index contributed by atoms with van der Waals surface area (Å²) in [6.07, 6.45) is 2.27. The number of sulfonamides is 1. The topological polar surface area (TPSA) is 118 Å².